The van der Waals surface area contributed by atoms with Crippen LogP contribution in [0, 0.1) is 0 Å². The average molecular weight is 657 g/mol. The van der Waals surface area contributed by atoms with Crippen LogP contribution in [-0.4, -0.2) is 63.0 Å². The van der Waals surface area contributed by atoms with E-state index >= 15 is 0 Å². The van der Waals surface area contributed by atoms with E-state index in [1.807, 2.05) is 24.3 Å². The van der Waals surface area contributed by atoms with Crippen molar-refractivity contribution in [2.75, 3.05) is 17.8 Å². The van der Waals surface area contributed by atoms with Crippen LogP contribution >= 0.6 is 26.7 Å². The highest BCUT2D eigenvalue weighted by Gasteiger charge is 2.39. The number of halogens is 1. The van der Waals surface area contributed by atoms with Crippen LogP contribution < -0.4 is 10.4 Å². The van der Waals surface area contributed by atoms with E-state index in [0.29, 0.717) is 0 Å². The number of aliphatic hydroxyl groups is 2. The first-order valence-electron chi connectivity index (χ1n) is 13.1. The van der Waals surface area contributed by atoms with E-state index in [2.05, 4.69) is 55.7 Å². The monoisotopic (exact) mass is 656 g/mol. The molecule has 0 saturated carbocycles. The van der Waals surface area contributed by atoms with Gasteiger partial charge in [-0.15, -0.1) is 0 Å². The van der Waals surface area contributed by atoms with Crippen molar-refractivity contribution in [2.45, 2.75) is 12.3 Å². The van der Waals surface area contributed by atoms with Gasteiger partial charge in [0.15, 0.2) is 34.6 Å². The topological polar surface area (TPSA) is 212 Å². The Morgan fingerprint density at radius 2 is 1.64 bits per heavy atom. The number of benzene rings is 4. The molecule has 0 saturated heterocycles. The van der Waals surface area contributed by atoms with E-state index in [1.54, 1.807) is 0 Å². The second-order valence-electron chi connectivity index (χ2n) is 10.4. The summed E-state index contributed by atoms with van der Waals surface area (Å²) >= 11 is 6.32. The molecule has 3 atom stereocenters. The molecule has 1 aliphatic rings. The lowest BCUT2D eigenvalue weighted by Gasteiger charge is -2.18. The summed E-state index contributed by atoms with van der Waals surface area (Å²) in [5, 5.41) is 33.0. The zero-order valence-electron chi connectivity index (χ0n) is 22.4. The summed E-state index contributed by atoms with van der Waals surface area (Å²) in [5.74, 6) is -1.99. The van der Waals surface area contributed by atoms with E-state index in [4.69, 9.17) is 26.1 Å². The maximum absolute atomic E-state index is 12.1. The van der Waals surface area contributed by atoms with Crippen LogP contribution in [-0.2, 0) is 13.9 Å². The number of hydrogen-bond acceptors (Lipinski definition) is 9. The quantitative estimate of drug-likeness (QED) is 0.0674. The second-order valence-corrected chi connectivity index (χ2v) is 14.9. The summed E-state index contributed by atoms with van der Waals surface area (Å²) in [6.07, 6.45) is -1.62. The van der Waals surface area contributed by atoms with Crippen molar-refractivity contribution in [2.24, 2.45) is 0 Å². The first-order chi connectivity index (χ1) is 20.9. The molecule has 4 aromatic carbocycles. The first-order valence-corrected chi connectivity index (χ1v) is 17.1. The Labute approximate surface area is 252 Å². The molecular weight excluding hydrogens is 634 g/mol. The van der Waals surface area contributed by atoms with Crippen molar-refractivity contribution in [3.8, 4) is 0 Å². The Morgan fingerprint density at radius 1 is 0.955 bits per heavy atom. The molecule has 2 unspecified atom stereocenters. The predicted molar refractivity (Wildman–Crippen MR) is 164 cm³/mol. The number of fused-ring (bicyclic) bond motifs is 1. The number of ether oxygens (including phenoxy) is 1. The van der Waals surface area contributed by atoms with Gasteiger partial charge in [-0.1, -0.05) is 48.5 Å². The van der Waals surface area contributed by atoms with Crippen LogP contribution in [0.3, 0.4) is 0 Å². The van der Waals surface area contributed by atoms with Gasteiger partial charge in [0.1, 0.15) is 12.2 Å². The van der Waals surface area contributed by atoms with Crippen LogP contribution in [0.1, 0.15) is 6.23 Å². The van der Waals surface area contributed by atoms with Gasteiger partial charge in [0.2, 0.25) is 11.5 Å². The highest BCUT2D eigenvalue weighted by molar-refractivity contribution is 7.71. The van der Waals surface area contributed by atoms with E-state index in [-0.39, 0.29) is 28.0 Å². The van der Waals surface area contributed by atoms with Gasteiger partial charge in [0.05, 0.1) is 6.54 Å². The molecular formula is C27H23ClN6O8P2. The molecule has 0 radical (unpaired) electrons. The molecule has 44 heavy (non-hydrogen) atoms. The van der Waals surface area contributed by atoms with Crippen molar-refractivity contribution in [1.29, 1.82) is 0 Å². The highest BCUT2D eigenvalue weighted by Crippen LogP contribution is 2.52. The number of nitrogens with one attached hydrogen (secondary N) is 2. The summed E-state index contributed by atoms with van der Waals surface area (Å²) < 4.78 is 30.3. The summed E-state index contributed by atoms with van der Waals surface area (Å²) in [6.45, 7) is -0.600. The average Bonchev–Trinajstić information content (AvgIpc) is 3.50. The minimum Gasteiger partial charge on any atom is -0.506 e. The third-order valence-electron chi connectivity index (χ3n) is 7.41. The Morgan fingerprint density at radius 3 is 2.36 bits per heavy atom. The molecule has 3 heterocycles. The number of aromatic nitrogens is 4. The lowest BCUT2D eigenvalue weighted by Crippen LogP contribution is -2.22. The third-order valence-corrected chi connectivity index (χ3v) is 11.2. The van der Waals surface area contributed by atoms with Gasteiger partial charge in [-0.05, 0) is 44.6 Å². The fraction of sp³-hybridized carbons (Fsp3) is 0.148. The number of nitrogens with zero attached hydrogens (tertiary/aromatic N) is 4. The lowest BCUT2D eigenvalue weighted by atomic mass is 9.93. The third kappa shape index (κ3) is 5.05. The molecule has 7 rings (SSSR count). The number of aliphatic hydroxyl groups excluding tert-OH is 2. The molecule has 14 nitrogen and oxygen atoms in total. The standard InChI is InChI=1S/C27H23ClN6O8P2/c28-27-32-24(31-17-9-7-15-5-4-13-2-1-3-14-6-8-16(17)20(15)19(13)14)21-25(33-27)34(11-29-21)26-23(36)22(35)18(42-26)10-30-43(37,38)12-44(39,40)41/h1-9,11,23,26,35-36H,10,12H2,(H2,30,37,38)(H,31,32,33)(H2,39,40,41)/t23?,26-/m1/s1. The van der Waals surface area contributed by atoms with E-state index < -0.39 is 45.7 Å². The van der Waals surface area contributed by atoms with Crippen LogP contribution in [0.2, 0.25) is 5.28 Å². The largest absolute Gasteiger partial charge is 0.506 e. The Balaban J connectivity index is 1.21. The van der Waals surface area contributed by atoms with Crippen molar-refractivity contribution in [3.05, 3.63) is 77.7 Å². The lowest BCUT2D eigenvalue weighted by molar-refractivity contribution is -0.00660. The number of hydrogen-bond donors (Lipinski definition) is 7. The summed E-state index contributed by atoms with van der Waals surface area (Å²) in [7, 11) is -9.31. The smallest absolute Gasteiger partial charge is 0.336 e. The van der Waals surface area contributed by atoms with Gasteiger partial charge < -0.3 is 34.9 Å². The molecule has 226 valence electrons. The Kier molecular flexibility index (Phi) is 6.81. The molecule has 17 heteroatoms. The minimum absolute atomic E-state index is 0.135. The van der Waals surface area contributed by atoms with Crippen molar-refractivity contribution in [1.82, 2.24) is 24.6 Å². The highest BCUT2D eigenvalue weighted by atomic mass is 35.5. The molecule has 6 aromatic rings. The zero-order chi connectivity index (χ0) is 31.0. The predicted octanol–water partition coefficient (Wildman–Crippen LogP) is 4.69. The molecule has 0 fully saturated rings. The normalized spacial score (nSPS) is 18.9. The SMILES string of the molecule is O=P(O)(O)CP(=O)(O)NCC1=C(O)C(O)[C@H](n2cnc3c(Nc4ccc5ccc6cccc7ccc4c5c67)nc(Cl)nc32)O1. The van der Waals surface area contributed by atoms with E-state index in [1.165, 1.54) is 10.9 Å². The van der Waals surface area contributed by atoms with Crippen LogP contribution in [0.25, 0.3) is 43.5 Å². The van der Waals surface area contributed by atoms with Gasteiger partial charge in [-0.25, -0.2) is 10.1 Å². The van der Waals surface area contributed by atoms with Crippen LogP contribution in [0.5, 0.6) is 0 Å². The maximum atomic E-state index is 12.1. The van der Waals surface area contributed by atoms with Crippen molar-refractivity contribution < 1.29 is 38.8 Å². The van der Waals surface area contributed by atoms with Crippen molar-refractivity contribution in [3.63, 3.8) is 0 Å². The fourth-order valence-corrected chi connectivity index (χ4v) is 8.49. The van der Waals surface area contributed by atoms with Gasteiger partial charge in [0.25, 0.3) is 7.52 Å². The summed E-state index contributed by atoms with van der Waals surface area (Å²) in [4.78, 5) is 40.9. The zero-order valence-corrected chi connectivity index (χ0v) is 24.9. The van der Waals surface area contributed by atoms with Gasteiger partial charge in [-0.2, -0.15) is 9.97 Å². The van der Waals surface area contributed by atoms with Gasteiger partial charge in [0, 0.05) is 11.1 Å². The molecule has 0 aliphatic carbocycles. The summed E-state index contributed by atoms with van der Waals surface area (Å²) in [6, 6.07) is 18.4. The molecule has 0 amide bonds. The van der Waals surface area contributed by atoms with Crippen LogP contribution in [0.4, 0.5) is 11.5 Å². The van der Waals surface area contributed by atoms with Gasteiger partial charge in [-0.3, -0.25) is 13.7 Å². The maximum Gasteiger partial charge on any atom is 0.336 e. The van der Waals surface area contributed by atoms with E-state index in [0.717, 1.165) is 38.0 Å². The molecule has 0 spiro atoms. The van der Waals surface area contributed by atoms with Crippen molar-refractivity contribution >= 4 is 81.7 Å². The second kappa shape index (κ2) is 10.4. The molecule has 0 bridgehead atoms. The first kappa shape index (κ1) is 28.9. The number of anilines is 2. The van der Waals surface area contributed by atoms with Gasteiger partial charge >= 0.3 is 7.60 Å². The molecule has 7 N–H and O–H groups in total. The minimum atomic E-state index is -4.81. The molecule has 1 aliphatic heterocycles. The summed E-state index contributed by atoms with van der Waals surface area (Å²) in [5.41, 5.74) is 1.18. The Hall–Kier alpha value is -3.84. The van der Waals surface area contributed by atoms with E-state index in [9.17, 15) is 24.2 Å². The fourth-order valence-electron chi connectivity index (χ4n) is 5.54. The molecule has 2 aromatic heterocycles. The van der Waals surface area contributed by atoms with Crippen LogP contribution in [0.15, 0.2) is 72.4 Å². The number of rotatable bonds is 8. The Bertz CT molecular complexity index is 2220. The number of imidazole rings is 1.